The molecule has 0 amide bonds. The van der Waals surface area contributed by atoms with Crippen molar-refractivity contribution in [2.24, 2.45) is 0 Å². The average molecular weight is 404 g/mol. The molecule has 7 heteroatoms. The minimum Gasteiger partial charge on any atom is -0.378 e. The van der Waals surface area contributed by atoms with Gasteiger partial charge in [-0.3, -0.25) is 10.1 Å². The quantitative estimate of drug-likeness (QED) is 0.585. The van der Waals surface area contributed by atoms with E-state index in [1.165, 1.54) is 12.1 Å². The van der Waals surface area contributed by atoms with Gasteiger partial charge < -0.3 is 5.32 Å². The van der Waals surface area contributed by atoms with Gasteiger partial charge >= 0.3 is 0 Å². The molecule has 104 valence electrons. The van der Waals surface area contributed by atoms with Gasteiger partial charge in [-0.25, -0.2) is 4.39 Å². The maximum absolute atomic E-state index is 13.6. The molecule has 0 radical (unpaired) electrons. The van der Waals surface area contributed by atoms with E-state index in [-0.39, 0.29) is 17.9 Å². The van der Waals surface area contributed by atoms with Crippen LogP contribution in [0, 0.1) is 15.9 Å². The zero-order valence-electron chi connectivity index (χ0n) is 10.1. The number of anilines is 1. The van der Waals surface area contributed by atoms with Crippen LogP contribution in [0.4, 0.5) is 15.8 Å². The molecule has 1 N–H and O–H groups in total. The molecule has 2 rings (SSSR count). The van der Waals surface area contributed by atoms with E-state index in [1.54, 1.807) is 24.3 Å². The van der Waals surface area contributed by atoms with E-state index in [1.807, 2.05) is 0 Å². The predicted octanol–water partition coefficient (Wildman–Crippen LogP) is 4.87. The van der Waals surface area contributed by atoms with Crippen LogP contribution in [-0.4, -0.2) is 4.92 Å². The molecule has 0 aliphatic heterocycles. The number of halogens is 3. The number of nitro benzene ring substituents is 1. The Morgan fingerprint density at radius 3 is 2.50 bits per heavy atom. The number of hydrogen-bond donors (Lipinski definition) is 1. The summed E-state index contributed by atoms with van der Waals surface area (Å²) in [5.74, 6) is -0.411. The van der Waals surface area contributed by atoms with Gasteiger partial charge in [0.2, 0.25) is 0 Å². The second-order valence-electron chi connectivity index (χ2n) is 4.01. The largest absolute Gasteiger partial charge is 0.378 e. The third-order valence-electron chi connectivity index (χ3n) is 2.64. The van der Waals surface area contributed by atoms with E-state index >= 15 is 0 Å². The Kier molecular flexibility index (Phi) is 4.72. The molecule has 20 heavy (non-hydrogen) atoms. The van der Waals surface area contributed by atoms with Gasteiger partial charge in [-0.1, -0.05) is 31.9 Å². The van der Waals surface area contributed by atoms with Crippen LogP contribution in [0.1, 0.15) is 5.56 Å². The Balaban J connectivity index is 2.24. The van der Waals surface area contributed by atoms with Gasteiger partial charge in [-0.05, 0) is 30.3 Å². The van der Waals surface area contributed by atoms with Crippen molar-refractivity contribution in [3.8, 4) is 0 Å². The highest BCUT2D eigenvalue weighted by Gasteiger charge is 2.14. The van der Waals surface area contributed by atoms with Crippen LogP contribution in [0.25, 0.3) is 0 Å². The van der Waals surface area contributed by atoms with E-state index < -0.39 is 10.7 Å². The molecule has 2 aromatic rings. The molecule has 0 fully saturated rings. The first kappa shape index (κ1) is 14.9. The second-order valence-corrected chi connectivity index (χ2v) is 5.84. The molecule has 0 unspecified atom stereocenters. The molecule has 0 aromatic heterocycles. The molecule has 0 aliphatic rings. The molecule has 0 bridgehead atoms. The zero-order chi connectivity index (χ0) is 14.7. The van der Waals surface area contributed by atoms with Crippen molar-refractivity contribution < 1.29 is 9.31 Å². The lowest BCUT2D eigenvalue weighted by Gasteiger charge is -2.09. The van der Waals surface area contributed by atoms with Gasteiger partial charge in [-0.15, -0.1) is 0 Å². The number of nitrogens with one attached hydrogen (secondary N) is 1. The summed E-state index contributed by atoms with van der Waals surface area (Å²) in [5.41, 5.74) is 0.758. The van der Waals surface area contributed by atoms with E-state index in [4.69, 9.17) is 0 Å². The SMILES string of the molecule is O=[N+]([O-])c1ccc(Br)cc1CNc1cc(Br)ccc1F. The zero-order valence-corrected chi connectivity index (χ0v) is 13.2. The number of nitrogens with zero attached hydrogens (tertiary/aromatic N) is 1. The molecule has 0 saturated carbocycles. The fraction of sp³-hybridized carbons (Fsp3) is 0.0769. The maximum Gasteiger partial charge on any atom is 0.274 e. The van der Waals surface area contributed by atoms with E-state index in [9.17, 15) is 14.5 Å². The topological polar surface area (TPSA) is 55.2 Å². The molecule has 0 atom stereocenters. The standard InChI is InChI=1S/C13H9Br2FN2O2/c14-9-2-4-13(18(19)20)8(5-9)7-17-12-6-10(15)1-3-11(12)16/h1-6,17H,7H2. The normalized spacial score (nSPS) is 10.3. The summed E-state index contributed by atoms with van der Waals surface area (Å²) in [6.07, 6.45) is 0. The van der Waals surface area contributed by atoms with Crippen LogP contribution in [0.2, 0.25) is 0 Å². The molecule has 0 spiro atoms. The molecule has 0 aliphatic carbocycles. The highest BCUT2D eigenvalue weighted by molar-refractivity contribution is 9.10. The Labute approximate surface area is 131 Å². The van der Waals surface area contributed by atoms with Crippen molar-refractivity contribution in [3.63, 3.8) is 0 Å². The second kappa shape index (κ2) is 6.32. The number of rotatable bonds is 4. The van der Waals surface area contributed by atoms with Gasteiger partial charge in [0.15, 0.2) is 0 Å². The van der Waals surface area contributed by atoms with Crippen LogP contribution >= 0.6 is 31.9 Å². The summed E-state index contributed by atoms with van der Waals surface area (Å²) in [5, 5.41) is 13.8. The lowest BCUT2D eigenvalue weighted by Crippen LogP contribution is -2.04. The van der Waals surface area contributed by atoms with Gasteiger partial charge in [0.05, 0.1) is 10.6 Å². The monoisotopic (exact) mass is 402 g/mol. The van der Waals surface area contributed by atoms with Crippen LogP contribution in [0.3, 0.4) is 0 Å². The van der Waals surface area contributed by atoms with Crippen LogP contribution in [-0.2, 0) is 6.54 Å². The van der Waals surface area contributed by atoms with Gasteiger partial charge in [0.25, 0.3) is 5.69 Å². The molecule has 4 nitrogen and oxygen atoms in total. The summed E-state index contributed by atoms with van der Waals surface area (Å²) in [6.45, 7) is 0.156. The van der Waals surface area contributed by atoms with E-state index in [0.29, 0.717) is 5.56 Å². The van der Waals surface area contributed by atoms with Crippen LogP contribution in [0.15, 0.2) is 45.3 Å². The van der Waals surface area contributed by atoms with Crippen molar-refractivity contribution in [1.82, 2.24) is 0 Å². The van der Waals surface area contributed by atoms with Crippen molar-refractivity contribution >= 4 is 43.2 Å². The Morgan fingerprint density at radius 1 is 1.15 bits per heavy atom. The maximum atomic E-state index is 13.6. The van der Waals surface area contributed by atoms with Crippen molar-refractivity contribution in [2.45, 2.75) is 6.54 Å². The molecular weight excluding hydrogens is 395 g/mol. The first-order valence-electron chi connectivity index (χ1n) is 5.59. The fourth-order valence-corrected chi connectivity index (χ4v) is 2.47. The van der Waals surface area contributed by atoms with E-state index in [2.05, 4.69) is 37.2 Å². The highest BCUT2D eigenvalue weighted by Crippen LogP contribution is 2.25. The van der Waals surface area contributed by atoms with Gasteiger partial charge in [0.1, 0.15) is 5.82 Å². The first-order valence-corrected chi connectivity index (χ1v) is 7.17. The number of hydrogen-bond acceptors (Lipinski definition) is 3. The summed E-state index contributed by atoms with van der Waals surface area (Å²) >= 11 is 6.52. The summed E-state index contributed by atoms with van der Waals surface area (Å²) < 4.78 is 15.0. The van der Waals surface area contributed by atoms with E-state index in [0.717, 1.165) is 8.95 Å². The third kappa shape index (κ3) is 3.55. The first-order chi connectivity index (χ1) is 9.47. The van der Waals surface area contributed by atoms with Crippen molar-refractivity contribution in [2.75, 3.05) is 5.32 Å². The summed E-state index contributed by atoms with van der Waals surface area (Å²) in [4.78, 5) is 10.5. The number of nitro groups is 1. The van der Waals surface area contributed by atoms with Crippen molar-refractivity contribution in [1.29, 1.82) is 0 Å². The van der Waals surface area contributed by atoms with Crippen LogP contribution < -0.4 is 5.32 Å². The van der Waals surface area contributed by atoms with Gasteiger partial charge in [-0.2, -0.15) is 0 Å². The minimum absolute atomic E-state index is 0.00361. The predicted molar refractivity (Wildman–Crippen MR) is 82.2 cm³/mol. The highest BCUT2D eigenvalue weighted by atomic mass is 79.9. The van der Waals surface area contributed by atoms with Gasteiger partial charge in [0, 0.05) is 27.1 Å². The molecular formula is C13H9Br2FN2O2. The Morgan fingerprint density at radius 2 is 1.80 bits per heavy atom. The summed E-state index contributed by atoms with van der Waals surface area (Å²) in [7, 11) is 0. The Bertz CT molecular complexity index is 665. The molecule has 2 aromatic carbocycles. The van der Waals surface area contributed by atoms with Crippen LogP contribution in [0.5, 0.6) is 0 Å². The lowest BCUT2D eigenvalue weighted by molar-refractivity contribution is -0.385. The molecule has 0 heterocycles. The summed E-state index contributed by atoms with van der Waals surface area (Å²) in [6, 6.07) is 9.14. The Hall–Kier alpha value is -1.47. The molecule has 0 saturated heterocycles. The smallest absolute Gasteiger partial charge is 0.274 e. The fourth-order valence-electron chi connectivity index (χ4n) is 1.70. The minimum atomic E-state index is -0.458. The lowest BCUT2D eigenvalue weighted by atomic mass is 10.1. The average Bonchev–Trinajstić information content (AvgIpc) is 2.39. The number of benzene rings is 2. The van der Waals surface area contributed by atoms with Crippen molar-refractivity contribution in [3.05, 3.63) is 66.8 Å². The third-order valence-corrected chi connectivity index (χ3v) is 3.62.